The second-order valence-electron chi connectivity index (χ2n) is 3.49. The van der Waals surface area contributed by atoms with Gasteiger partial charge in [-0.05, 0) is 42.3 Å². The molecule has 88 valence electrons. The molecule has 5 heteroatoms. The molecule has 0 atom stereocenters. The van der Waals surface area contributed by atoms with E-state index in [0.717, 1.165) is 0 Å². The van der Waals surface area contributed by atoms with Crippen molar-refractivity contribution in [3.8, 4) is 0 Å². The summed E-state index contributed by atoms with van der Waals surface area (Å²) < 4.78 is 18.4. The molecule has 1 heterocycles. The number of amides is 1. The van der Waals surface area contributed by atoms with Gasteiger partial charge in [0.2, 0.25) is 0 Å². The minimum Gasteiger partial charge on any atom is -0.440 e. The molecule has 1 amide bonds. The third kappa shape index (κ3) is 2.47. The van der Waals surface area contributed by atoms with E-state index < -0.39 is 11.7 Å². The topological polar surface area (TPSA) is 42.2 Å². The van der Waals surface area contributed by atoms with Crippen molar-refractivity contribution in [1.82, 2.24) is 0 Å². The Kier molecular flexibility index (Phi) is 3.15. The largest absolute Gasteiger partial charge is 0.440 e. The summed E-state index contributed by atoms with van der Waals surface area (Å²) in [5.74, 6) is -0.987. The lowest BCUT2D eigenvalue weighted by Crippen LogP contribution is -2.13. The van der Waals surface area contributed by atoms with Crippen LogP contribution in [0.25, 0.3) is 0 Å². The number of nitrogens with one attached hydrogen (secondary N) is 1. The summed E-state index contributed by atoms with van der Waals surface area (Å²) in [5.41, 5.74) is 0.779. The average Bonchev–Trinajstić information content (AvgIpc) is 2.70. The second kappa shape index (κ2) is 4.59. The van der Waals surface area contributed by atoms with Gasteiger partial charge in [0.25, 0.3) is 5.91 Å². The highest BCUT2D eigenvalue weighted by Crippen LogP contribution is 2.20. The predicted octanol–water partition coefficient (Wildman–Crippen LogP) is 3.63. The fraction of sp³-hybridized carbons (Fsp3) is 0.0833. The van der Waals surface area contributed by atoms with Crippen LogP contribution in [0.1, 0.15) is 16.1 Å². The molecular weight excluding hydrogens is 245 g/mol. The Morgan fingerprint density at radius 1 is 1.35 bits per heavy atom. The van der Waals surface area contributed by atoms with Crippen LogP contribution in [0, 0.1) is 12.7 Å². The molecule has 0 saturated carbocycles. The number of hydrogen-bond donors (Lipinski definition) is 1. The molecule has 0 aliphatic heterocycles. The van der Waals surface area contributed by atoms with Gasteiger partial charge in [-0.3, -0.25) is 4.79 Å². The molecule has 0 spiro atoms. The molecule has 2 aromatic rings. The van der Waals surface area contributed by atoms with Gasteiger partial charge >= 0.3 is 0 Å². The number of furan rings is 1. The Morgan fingerprint density at radius 3 is 2.71 bits per heavy atom. The number of carbonyl (C=O) groups is 1. The van der Waals surface area contributed by atoms with Gasteiger partial charge in [0.05, 0.1) is 5.69 Å². The lowest BCUT2D eigenvalue weighted by Gasteiger charge is -2.07. The van der Waals surface area contributed by atoms with E-state index in [9.17, 15) is 9.18 Å². The predicted molar refractivity (Wildman–Crippen MR) is 62.8 cm³/mol. The number of anilines is 1. The highest BCUT2D eigenvalue weighted by Gasteiger charge is 2.14. The van der Waals surface area contributed by atoms with E-state index in [1.54, 1.807) is 19.1 Å². The van der Waals surface area contributed by atoms with E-state index in [2.05, 4.69) is 5.32 Å². The van der Waals surface area contributed by atoms with E-state index in [4.69, 9.17) is 16.0 Å². The minimum absolute atomic E-state index is 0.0395. The first-order valence-electron chi connectivity index (χ1n) is 4.90. The molecule has 0 bridgehead atoms. The van der Waals surface area contributed by atoms with Crippen LogP contribution in [0.2, 0.25) is 5.22 Å². The third-order valence-electron chi connectivity index (χ3n) is 2.26. The van der Waals surface area contributed by atoms with E-state index in [0.29, 0.717) is 5.56 Å². The number of para-hydroxylation sites is 1. The van der Waals surface area contributed by atoms with Gasteiger partial charge in [0.15, 0.2) is 11.0 Å². The number of carbonyl (C=O) groups excluding carboxylic acids is 1. The van der Waals surface area contributed by atoms with Crippen LogP contribution < -0.4 is 5.32 Å². The van der Waals surface area contributed by atoms with Crippen LogP contribution in [-0.2, 0) is 0 Å². The second-order valence-corrected chi connectivity index (χ2v) is 3.86. The van der Waals surface area contributed by atoms with E-state index >= 15 is 0 Å². The van der Waals surface area contributed by atoms with Crippen molar-refractivity contribution < 1.29 is 13.6 Å². The SMILES string of the molecule is Cc1cccc(F)c1NC(=O)c1ccc(Cl)o1. The Labute approximate surface area is 102 Å². The quantitative estimate of drug-likeness (QED) is 0.888. The Hall–Kier alpha value is -1.81. The van der Waals surface area contributed by atoms with E-state index in [1.807, 2.05) is 0 Å². The number of aryl methyl sites for hydroxylation is 1. The number of halogens is 2. The van der Waals surface area contributed by atoms with Gasteiger partial charge < -0.3 is 9.73 Å². The Bertz CT molecular complexity index is 545. The highest BCUT2D eigenvalue weighted by atomic mass is 35.5. The molecule has 0 saturated heterocycles. The molecule has 3 nitrogen and oxygen atoms in total. The fourth-order valence-corrected chi connectivity index (χ4v) is 1.55. The number of benzene rings is 1. The van der Waals surface area contributed by atoms with Crippen molar-refractivity contribution in [3.63, 3.8) is 0 Å². The van der Waals surface area contributed by atoms with Crippen LogP contribution in [-0.4, -0.2) is 5.91 Å². The zero-order valence-electron chi connectivity index (χ0n) is 8.96. The van der Waals surface area contributed by atoms with E-state index in [-0.39, 0.29) is 16.7 Å². The molecule has 0 aliphatic rings. The summed E-state index contributed by atoms with van der Waals surface area (Å²) in [6, 6.07) is 7.42. The van der Waals surface area contributed by atoms with Gasteiger partial charge in [0.1, 0.15) is 5.82 Å². The van der Waals surface area contributed by atoms with Gasteiger partial charge in [0, 0.05) is 0 Å². The highest BCUT2D eigenvalue weighted by molar-refractivity contribution is 6.29. The molecule has 0 unspecified atom stereocenters. The smallest absolute Gasteiger partial charge is 0.291 e. The van der Waals surface area contributed by atoms with Crippen molar-refractivity contribution in [1.29, 1.82) is 0 Å². The van der Waals surface area contributed by atoms with Gasteiger partial charge in [-0.25, -0.2) is 4.39 Å². The van der Waals surface area contributed by atoms with Crippen molar-refractivity contribution >= 4 is 23.2 Å². The van der Waals surface area contributed by atoms with Crippen molar-refractivity contribution in [2.24, 2.45) is 0 Å². The molecule has 1 aromatic heterocycles. The molecule has 1 N–H and O–H groups in total. The van der Waals surface area contributed by atoms with Gasteiger partial charge in [-0.15, -0.1) is 0 Å². The van der Waals surface area contributed by atoms with Crippen LogP contribution in [0.5, 0.6) is 0 Å². The van der Waals surface area contributed by atoms with Crippen molar-refractivity contribution in [2.45, 2.75) is 6.92 Å². The summed E-state index contributed by atoms with van der Waals surface area (Å²) in [7, 11) is 0. The van der Waals surface area contributed by atoms with Crippen LogP contribution >= 0.6 is 11.6 Å². The molecule has 0 aliphatic carbocycles. The van der Waals surface area contributed by atoms with Gasteiger partial charge in [-0.2, -0.15) is 0 Å². The van der Waals surface area contributed by atoms with Gasteiger partial charge in [-0.1, -0.05) is 12.1 Å². The summed E-state index contributed by atoms with van der Waals surface area (Å²) in [6.07, 6.45) is 0. The minimum atomic E-state index is -0.537. The van der Waals surface area contributed by atoms with Crippen LogP contribution in [0.3, 0.4) is 0 Å². The lowest BCUT2D eigenvalue weighted by molar-refractivity contribution is 0.0996. The molecule has 17 heavy (non-hydrogen) atoms. The molecule has 0 radical (unpaired) electrons. The fourth-order valence-electron chi connectivity index (χ4n) is 1.40. The molecular formula is C12H9ClFNO2. The average molecular weight is 254 g/mol. The maximum Gasteiger partial charge on any atom is 0.291 e. The third-order valence-corrected chi connectivity index (χ3v) is 2.46. The Balaban J connectivity index is 2.24. The first-order chi connectivity index (χ1) is 8.08. The standard InChI is InChI=1S/C12H9ClFNO2/c1-7-3-2-4-8(14)11(7)15-12(16)9-5-6-10(13)17-9/h2-6H,1H3,(H,15,16). The zero-order valence-corrected chi connectivity index (χ0v) is 9.72. The summed E-state index contributed by atoms with van der Waals surface area (Å²) >= 11 is 5.55. The van der Waals surface area contributed by atoms with Crippen molar-refractivity contribution in [2.75, 3.05) is 5.32 Å². The summed E-state index contributed by atoms with van der Waals surface area (Å²) in [4.78, 5) is 11.7. The number of rotatable bonds is 2. The maximum atomic E-state index is 13.5. The maximum absolute atomic E-state index is 13.5. The normalized spacial score (nSPS) is 10.3. The first kappa shape index (κ1) is 11.7. The monoisotopic (exact) mass is 253 g/mol. The lowest BCUT2D eigenvalue weighted by atomic mass is 10.2. The van der Waals surface area contributed by atoms with E-state index in [1.165, 1.54) is 18.2 Å². The van der Waals surface area contributed by atoms with Crippen LogP contribution in [0.15, 0.2) is 34.7 Å². The zero-order chi connectivity index (χ0) is 12.4. The first-order valence-corrected chi connectivity index (χ1v) is 5.27. The van der Waals surface area contributed by atoms with Crippen molar-refractivity contribution in [3.05, 3.63) is 52.7 Å². The number of hydrogen-bond acceptors (Lipinski definition) is 2. The summed E-state index contributed by atoms with van der Waals surface area (Å²) in [6.45, 7) is 1.70. The summed E-state index contributed by atoms with van der Waals surface area (Å²) in [5, 5.41) is 2.55. The molecule has 1 aromatic carbocycles. The Morgan fingerprint density at radius 2 is 2.12 bits per heavy atom. The van der Waals surface area contributed by atoms with Crippen LogP contribution in [0.4, 0.5) is 10.1 Å². The molecule has 0 fully saturated rings. The molecule has 2 rings (SSSR count).